The van der Waals surface area contributed by atoms with E-state index in [2.05, 4.69) is 97.7 Å². The number of anilines is 2. The van der Waals surface area contributed by atoms with Crippen LogP contribution in [0.4, 0.5) is 11.4 Å². The molecular weight excluding hydrogens is 342 g/mol. The van der Waals surface area contributed by atoms with Crippen LogP contribution in [0.25, 0.3) is 0 Å². The summed E-state index contributed by atoms with van der Waals surface area (Å²) in [5.74, 6) is 0. The Morgan fingerprint density at radius 1 is 0.630 bits per heavy atom. The third-order valence-electron chi connectivity index (χ3n) is 6.26. The molecule has 3 aromatic carbocycles. The molecule has 0 bridgehead atoms. The first kappa shape index (κ1) is 18.1. The van der Waals surface area contributed by atoms with Crippen molar-refractivity contribution in [1.82, 2.24) is 0 Å². The summed E-state index contributed by atoms with van der Waals surface area (Å²) in [6.45, 7) is 2.19. The number of aryl methyl sites for hydroxylation is 1. The number of hydrogen-bond acceptors (Lipinski definition) is 1. The van der Waals surface area contributed by atoms with Crippen molar-refractivity contribution < 1.29 is 0 Å². The quantitative estimate of drug-likeness (QED) is 0.547. The summed E-state index contributed by atoms with van der Waals surface area (Å²) in [6, 6.07) is 32.3. The van der Waals surface area contributed by atoms with E-state index in [4.69, 9.17) is 0 Å². The van der Waals surface area contributed by atoms with Gasteiger partial charge >= 0.3 is 0 Å². The highest BCUT2D eigenvalue weighted by Crippen LogP contribution is 2.30. The summed E-state index contributed by atoms with van der Waals surface area (Å²) in [6.07, 6.45) is 4.16. The number of hydrogen-bond donors (Lipinski definition) is 0. The minimum absolute atomic E-state index is 1.23. The van der Waals surface area contributed by atoms with E-state index in [1.54, 1.807) is 10.4 Å². The normalized spacial score (nSPS) is 16.1. The van der Waals surface area contributed by atoms with Crippen molar-refractivity contribution in [1.29, 1.82) is 0 Å². The first-order valence-corrected chi connectivity index (χ1v) is 12.6. The van der Waals surface area contributed by atoms with Gasteiger partial charge in [0.05, 0.1) is 0 Å². The maximum absolute atomic E-state index is 2.42. The molecule has 0 unspecified atom stereocenters. The van der Waals surface area contributed by atoms with E-state index in [0.717, 1.165) is 0 Å². The average Bonchev–Trinajstić information content (AvgIpc) is 2.75. The van der Waals surface area contributed by atoms with Gasteiger partial charge in [-0.15, -0.1) is 0 Å². The van der Waals surface area contributed by atoms with Crippen molar-refractivity contribution in [2.75, 3.05) is 11.9 Å². The van der Waals surface area contributed by atoms with E-state index < -0.39 is 8.07 Å². The highest BCUT2D eigenvalue weighted by atomic mass is 28.3. The molecule has 1 heterocycles. The fourth-order valence-corrected chi connectivity index (χ4v) is 9.63. The van der Waals surface area contributed by atoms with Gasteiger partial charge in [-0.2, -0.15) is 0 Å². The molecule has 0 saturated carbocycles. The lowest BCUT2D eigenvalue weighted by atomic mass is 10.2. The van der Waals surface area contributed by atoms with Crippen molar-refractivity contribution in [3.63, 3.8) is 0 Å². The first-order chi connectivity index (χ1) is 13.2. The maximum atomic E-state index is 2.42. The van der Waals surface area contributed by atoms with E-state index >= 15 is 0 Å². The summed E-state index contributed by atoms with van der Waals surface area (Å²) in [5, 5.41) is 3.23. The van der Waals surface area contributed by atoms with E-state index in [1.807, 2.05) is 0 Å². The van der Waals surface area contributed by atoms with Crippen LogP contribution in [0, 0.1) is 6.92 Å². The summed E-state index contributed by atoms with van der Waals surface area (Å²) in [4.78, 5) is 2.27. The molecule has 0 aromatic heterocycles. The molecule has 0 radical (unpaired) electrons. The molecule has 2 heteroatoms. The van der Waals surface area contributed by atoms with Crippen LogP contribution >= 0.6 is 0 Å². The maximum Gasteiger partial charge on any atom is 0.118 e. The third kappa shape index (κ3) is 3.59. The fraction of sp³-hybridized carbons (Fsp3) is 0.280. The molecule has 0 spiro atoms. The molecule has 1 aliphatic rings. The number of benzene rings is 3. The van der Waals surface area contributed by atoms with Crippen LogP contribution in [0.2, 0.25) is 12.1 Å². The van der Waals surface area contributed by atoms with Crippen molar-refractivity contribution in [2.24, 2.45) is 0 Å². The van der Waals surface area contributed by atoms with E-state index in [0.29, 0.717) is 0 Å². The zero-order valence-electron chi connectivity index (χ0n) is 16.5. The minimum Gasteiger partial charge on any atom is -0.345 e. The van der Waals surface area contributed by atoms with Crippen LogP contribution in [0.5, 0.6) is 0 Å². The lowest BCUT2D eigenvalue weighted by molar-refractivity contribution is 0.720. The molecule has 3 aromatic rings. The Balaban J connectivity index is 1.68. The van der Waals surface area contributed by atoms with E-state index in [1.165, 1.54) is 48.3 Å². The molecule has 4 rings (SSSR count). The lowest BCUT2D eigenvalue weighted by Gasteiger charge is -2.37. The summed E-state index contributed by atoms with van der Waals surface area (Å²) in [7, 11) is 0.538. The number of nitrogens with zero attached hydrogens (tertiary/aromatic N) is 1. The van der Waals surface area contributed by atoms with Crippen LogP contribution in [0.15, 0.2) is 78.9 Å². The van der Waals surface area contributed by atoms with Gasteiger partial charge in [-0.25, -0.2) is 0 Å². The lowest BCUT2D eigenvalue weighted by Crippen LogP contribution is -2.59. The smallest absolute Gasteiger partial charge is 0.118 e. The van der Waals surface area contributed by atoms with Gasteiger partial charge in [-0.1, -0.05) is 89.8 Å². The SMILES string of the molecule is Cc1ccc([Si]2(c3ccc(N(C)c4ccccc4)cc3)CCCCC2)cc1. The standard InChI is InChI=1S/C25H29NSi/c1-21-11-15-24(16-12-21)27(19-7-4-8-20-27)25-17-13-23(14-18-25)26(2)22-9-5-3-6-10-22/h3,5-6,9-18H,4,7-8,19-20H2,1-2H3. The molecule has 0 atom stereocenters. The molecule has 0 N–H and O–H groups in total. The zero-order valence-corrected chi connectivity index (χ0v) is 17.5. The fourth-order valence-electron chi connectivity index (χ4n) is 4.58. The van der Waals surface area contributed by atoms with Gasteiger partial charge < -0.3 is 4.90 Å². The number of rotatable bonds is 4. The van der Waals surface area contributed by atoms with Gasteiger partial charge in [0.2, 0.25) is 0 Å². The molecule has 0 amide bonds. The Bertz CT molecular complexity index is 862. The van der Waals surface area contributed by atoms with Crippen LogP contribution < -0.4 is 15.3 Å². The van der Waals surface area contributed by atoms with Crippen LogP contribution in [0.3, 0.4) is 0 Å². The Morgan fingerprint density at radius 3 is 1.74 bits per heavy atom. The highest BCUT2D eigenvalue weighted by Gasteiger charge is 2.38. The molecule has 1 saturated heterocycles. The predicted molar refractivity (Wildman–Crippen MR) is 121 cm³/mol. The zero-order chi connectivity index (χ0) is 18.7. The number of para-hydroxylation sites is 1. The molecule has 138 valence electrons. The Labute approximate surface area is 164 Å². The van der Waals surface area contributed by atoms with E-state index in [9.17, 15) is 0 Å². The monoisotopic (exact) mass is 371 g/mol. The van der Waals surface area contributed by atoms with Crippen LogP contribution in [-0.2, 0) is 0 Å². The minimum atomic E-state index is -1.61. The van der Waals surface area contributed by atoms with Crippen molar-refractivity contribution in [3.05, 3.63) is 84.4 Å². The molecule has 27 heavy (non-hydrogen) atoms. The molecule has 0 aliphatic carbocycles. The largest absolute Gasteiger partial charge is 0.345 e. The Morgan fingerprint density at radius 2 is 1.15 bits per heavy atom. The highest BCUT2D eigenvalue weighted by molar-refractivity contribution is 7.02. The third-order valence-corrected chi connectivity index (χ3v) is 11.6. The summed E-state index contributed by atoms with van der Waals surface area (Å²) >= 11 is 0. The van der Waals surface area contributed by atoms with Gasteiger partial charge in [0.15, 0.2) is 0 Å². The van der Waals surface area contributed by atoms with Crippen LogP contribution in [-0.4, -0.2) is 15.1 Å². The van der Waals surface area contributed by atoms with Gasteiger partial charge in [0.1, 0.15) is 8.07 Å². The second-order valence-electron chi connectivity index (χ2n) is 7.95. The predicted octanol–water partition coefficient (Wildman–Crippen LogP) is 5.51. The Hall–Kier alpha value is -2.32. The topological polar surface area (TPSA) is 3.24 Å². The van der Waals surface area contributed by atoms with Crippen LogP contribution in [0.1, 0.15) is 24.8 Å². The van der Waals surface area contributed by atoms with E-state index in [-0.39, 0.29) is 0 Å². The molecule has 1 nitrogen and oxygen atoms in total. The van der Waals surface area contributed by atoms with Crippen molar-refractivity contribution >= 4 is 29.8 Å². The second kappa shape index (κ2) is 7.73. The van der Waals surface area contributed by atoms with Crippen molar-refractivity contribution in [3.8, 4) is 0 Å². The van der Waals surface area contributed by atoms with Crippen molar-refractivity contribution in [2.45, 2.75) is 38.3 Å². The molecule has 1 aliphatic heterocycles. The Kier molecular flexibility index (Phi) is 5.17. The van der Waals surface area contributed by atoms with Gasteiger partial charge in [0.25, 0.3) is 0 Å². The second-order valence-corrected chi connectivity index (χ2v) is 12.3. The molecular formula is C25H29NSi. The summed E-state index contributed by atoms with van der Waals surface area (Å²) in [5.41, 5.74) is 3.85. The summed E-state index contributed by atoms with van der Waals surface area (Å²) < 4.78 is 0. The molecule has 1 fully saturated rings. The van der Waals surface area contributed by atoms with Gasteiger partial charge in [0, 0.05) is 18.4 Å². The van der Waals surface area contributed by atoms with Gasteiger partial charge in [-0.3, -0.25) is 0 Å². The average molecular weight is 372 g/mol. The first-order valence-electron chi connectivity index (χ1n) is 10.2. The van der Waals surface area contributed by atoms with Gasteiger partial charge in [-0.05, 0) is 43.3 Å².